The summed E-state index contributed by atoms with van der Waals surface area (Å²) in [5, 5.41) is 4.57. The molecule has 1 aromatic carbocycles. The molecular weight excluding hydrogens is 268 g/mol. The lowest BCUT2D eigenvalue weighted by Crippen LogP contribution is -1.80. The van der Waals surface area contributed by atoms with Crippen LogP contribution in [-0.2, 0) is 0 Å². The first kappa shape index (κ1) is 10.9. The first-order valence-electron chi connectivity index (χ1n) is 5.06. The van der Waals surface area contributed by atoms with Gasteiger partial charge >= 0.3 is 0 Å². The van der Waals surface area contributed by atoms with Crippen LogP contribution in [-0.4, -0.2) is 5.33 Å². The van der Waals surface area contributed by atoms with Crippen LogP contribution in [0.5, 0.6) is 0 Å². The third-order valence-electron chi connectivity index (χ3n) is 2.50. The third kappa shape index (κ3) is 2.32. The largest absolute Gasteiger partial charge is 0.143 e. The fraction of sp³-hybridized carbons (Fsp3) is 0.231. The molecule has 0 unspecified atom stereocenters. The second-order valence-electron chi connectivity index (χ2n) is 3.48. The van der Waals surface area contributed by atoms with Crippen LogP contribution in [0.25, 0.3) is 16.2 Å². The smallest absolute Gasteiger partial charge is 0.0348 e. The summed E-state index contributed by atoms with van der Waals surface area (Å²) in [5.41, 5.74) is 2.80. The first-order valence-corrected chi connectivity index (χ1v) is 7.07. The zero-order valence-electron chi connectivity index (χ0n) is 8.66. The Hall–Kier alpha value is -0.600. The fourth-order valence-corrected chi connectivity index (χ4v) is 3.04. The Morgan fingerprint density at radius 2 is 2.20 bits per heavy atom. The summed E-state index contributed by atoms with van der Waals surface area (Å²) < 4.78 is 1.37. The second-order valence-corrected chi connectivity index (χ2v) is 4.95. The summed E-state index contributed by atoms with van der Waals surface area (Å²) >= 11 is 5.34. The van der Waals surface area contributed by atoms with Crippen LogP contribution >= 0.6 is 27.3 Å². The van der Waals surface area contributed by atoms with Crippen LogP contribution in [0.2, 0.25) is 0 Å². The number of halogens is 1. The highest BCUT2D eigenvalue weighted by atomic mass is 79.9. The molecule has 0 N–H and O–H groups in total. The molecule has 0 nitrogen and oxygen atoms in total. The van der Waals surface area contributed by atoms with Crippen molar-refractivity contribution in [3.05, 3.63) is 40.8 Å². The van der Waals surface area contributed by atoms with Crippen molar-refractivity contribution >= 4 is 43.4 Å². The van der Waals surface area contributed by atoms with Crippen molar-refractivity contribution in [3.8, 4) is 0 Å². The molecule has 0 amide bonds. The highest BCUT2D eigenvalue weighted by Gasteiger charge is 2.01. The van der Waals surface area contributed by atoms with Crippen LogP contribution in [0.15, 0.2) is 35.2 Å². The Balaban J connectivity index is 2.48. The molecule has 0 fully saturated rings. The van der Waals surface area contributed by atoms with Crippen molar-refractivity contribution in [2.75, 3.05) is 5.33 Å². The summed E-state index contributed by atoms with van der Waals surface area (Å²) in [5.74, 6) is 0. The number of fused-ring (bicyclic) bond motifs is 1. The molecule has 1 aromatic heterocycles. The maximum absolute atomic E-state index is 3.52. The highest BCUT2D eigenvalue weighted by Crippen LogP contribution is 2.27. The van der Waals surface area contributed by atoms with Gasteiger partial charge in [0.15, 0.2) is 0 Å². The molecule has 0 spiro atoms. The van der Waals surface area contributed by atoms with Gasteiger partial charge in [-0.15, -0.1) is 11.3 Å². The monoisotopic (exact) mass is 280 g/mol. The second kappa shape index (κ2) is 4.95. The molecule has 2 aromatic rings. The van der Waals surface area contributed by atoms with Crippen molar-refractivity contribution in [1.82, 2.24) is 0 Å². The predicted molar refractivity (Wildman–Crippen MR) is 73.9 cm³/mol. The molecule has 0 radical (unpaired) electrons. The van der Waals surface area contributed by atoms with Crippen LogP contribution < -0.4 is 0 Å². The van der Waals surface area contributed by atoms with Crippen molar-refractivity contribution in [3.63, 3.8) is 0 Å². The van der Waals surface area contributed by atoms with Gasteiger partial charge in [-0.1, -0.05) is 52.7 Å². The first-order chi connectivity index (χ1) is 7.35. The maximum atomic E-state index is 3.52. The third-order valence-corrected chi connectivity index (χ3v) is 4.20. The molecule has 15 heavy (non-hydrogen) atoms. The van der Waals surface area contributed by atoms with E-state index in [1.54, 1.807) is 0 Å². The van der Waals surface area contributed by atoms with E-state index in [4.69, 9.17) is 0 Å². The van der Waals surface area contributed by atoms with E-state index in [0.717, 1.165) is 11.8 Å². The molecule has 0 bridgehead atoms. The predicted octanol–water partition coefficient (Wildman–Crippen LogP) is 5.09. The van der Waals surface area contributed by atoms with Gasteiger partial charge < -0.3 is 0 Å². The van der Waals surface area contributed by atoms with Gasteiger partial charge in [-0.3, -0.25) is 0 Å². The number of rotatable bonds is 3. The summed E-state index contributed by atoms with van der Waals surface area (Å²) in [6.45, 7) is 2.20. The number of allylic oxidation sites excluding steroid dienone is 1. The van der Waals surface area contributed by atoms with Gasteiger partial charge in [-0.25, -0.2) is 0 Å². The Kier molecular flexibility index (Phi) is 3.60. The average Bonchev–Trinajstić information content (AvgIpc) is 2.69. The van der Waals surface area contributed by atoms with E-state index in [1.165, 1.54) is 21.2 Å². The standard InChI is InChI=1S/C13H13BrS/c1-2-10(8-14)7-11-9-15-13-6-4-3-5-12(11)13/h3-7,9H,2,8H2,1H3. The normalized spacial score (nSPS) is 12.3. The Morgan fingerprint density at radius 3 is 2.93 bits per heavy atom. The molecule has 0 aliphatic rings. The molecule has 0 atom stereocenters. The van der Waals surface area contributed by atoms with E-state index < -0.39 is 0 Å². The van der Waals surface area contributed by atoms with Crippen LogP contribution in [0.4, 0.5) is 0 Å². The fourth-order valence-electron chi connectivity index (χ4n) is 1.57. The minimum atomic E-state index is 0.966. The summed E-state index contributed by atoms with van der Waals surface area (Å²) in [4.78, 5) is 0. The molecule has 2 rings (SSSR count). The molecule has 0 saturated carbocycles. The SMILES string of the molecule is CCC(=Cc1csc2ccccc12)CBr. The molecule has 2 heteroatoms. The summed E-state index contributed by atoms with van der Waals surface area (Å²) in [6.07, 6.45) is 3.41. The van der Waals surface area contributed by atoms with Gasteiger partial charge in [0.1, 0.15) is 0 Å². The Labute approximate surface area is 103 Å². The molecule has 78 valence electrons. The lowest BCUT2D eigenvalue weighted by Gasteiger charge is -1.98. The topological polar surface area (TPSA) is 0 Å². The van der Waals surface area contributed by atoms with Crippen LogP contribution in [0.1, 0.15) is 18.9 Å². The van der Waals surface area contributed by atoms with Gasteiger partial charge in [0.2, 0.25) is 0 Å². The number of hydrogen-bond acceptors (Lipinski definition) is 1. The van der Waals surface area contributed by atoms with Crippen LogP contribution in [0.3, 0.4) is 0 Å². The van der Waals surface area contributed by atoms with Crippen molar-refractivity contribution in [1.29, 1.82) is 0 Å². The summed E-state index contributed by atoms with van der Waals surface area (Å²) in [6, 6.07) is 8.57. The number of thiophene rings is 1. The highest BCUT2D eigenvalue weighted by molar-refractivity contribution is 9.09. The minimum absolute atomic E-state index is 0.966. The zero-order valence-corrected chi connectivity index (χ0v) is 11.1. The quantitative estimate of drug-likeness (QED) is 0.687. The maximum Gasteiger partial charge on any atom is 0.0348 e. The van der Waals surface area contributed by atoms with Gasteiger partial charge in [-0.05, 0) is 28.8 Å². The van der Waals surface area contributed by atoms with Crippen LogP contribution in [0, 0.1) is 0 Å². The van der Waals surface area contributed by atoms with Gasteiger partial charge in [-0.2, -0.15) is 0 Å². The van der Waals surface area contributed by atoms with E-state index in [2.05, 4.69) is 58.6 Å². The molecule has 1 heterocycles. The Bertz CT molecular complexity index is 476. The average molecular weight is 281 g/mol. The van der Waals surface area contributed by atoms with E-state index in [1.807, 2.05) is 11.3 Å². The lowest BCUT2D eigenvalue weighted by molar-refractivity contribution is 1.13. The lowest BCUT2D eigenvalue weighted by atomic mass is 10.1. The molecule has 0 saturated heterocycles. The number of benzene rings is 1. The van der Waals surface area contributed by atoms with Crippen molar-refractivity contribution in [2.24, 2.45) is 0 Å². The van der Waals surface area contributed by atoms with Gasteiger partial charge in [0, 0.05) is 10.0 Å². The minimum Gasteiger partial charge on any atom is -0.143 e. The molecule has 0 aliphatic carbocycles. The Morgan fingerprint density at radius 1 is 1.40 bits per heavy atom. The molecule has 0 aliphatic heterocycles. The molecular formula is C13H13BrS. The van der Waals surface area contributed by atoms with E-state index >= 15 is 0 Å². The van der Waals surface area contributed by atoms with Gasteiger partial charge in [0.05, 0.1) is 0 Å². The number of alkyl halides is 1. The zero-order chi connectivity index (χ0) is 10.7. The number of hydrogen-bond donors (Lipinski definition) is 0. The van der Waals surface area contributed by atoms with Crippen molar-refractivity contribution < 1.29 is 0 Å². The van der Waals surface area contributed by atoms with Gasteiger partial charge in [0.25, 0.3) is 0 Å². The summed E-state index contributed by atoms with van der Waals surface area (Å²) in [7, 11) is 0. The van der Waals surface area contributed by atoms with Crippen molar-refractivity contribution in [2.45, 2.75) is 13.3 Å². The van der Waals surface area contributed by atoms with E-state index in [0.29, 0.717) is 0 Å². The van der Waals surface area contributed by atoms with E-state index in [-0.39, 0.29) is 0 Å². The van der Waals surface area contributed by atoms with E-state index in [9.17, 15) is 0 Å².